The lowest BCUT2D eigenvalue weighted by Gasteiger charge is -2.29. The number of hydrogen-bond acceptors (Lipinski definition) is 3. The Morgan fingerprint density at radius 3 is 2.14 bits per heavy atom. The van der Waals surface area contributed by atoms with E-state index in [-0.39, 0.29) is 36.6 Å². The van der Waals surface area contributed by atoms with Crippen molar-refractivity contribution in [3.63, 3.8) is 0 Å². The monoisotopic (exact) mass is 356 g/mol. The maximum absolute atomic E-state index is 13.6. The molecule has 2 aliphatic rings. The molecule has 2 unspecified atom stereocenters. The molecule has 1 aromatic carbocycles. The van der Waals surface area contributed by atoms with Gasteiger partial charge in [-0.1, -0.05) is 0 Å². The third-order valence-electron chi connectivity index (χ3n) is 4.06. The van der Waals surface area contributed by atoms with Crippen LogP contribution in [-0.2, 0) is 10.0 Å². The molecule has 2 N–H and O–H groups in total. The topological polar surface area (TPSA) is 58.2 Å². The van der Waals surface area contributed by atoms with Crippen LogP contribution in [0.3, 0.4) is 0 Å². The highest BCUT2D eigenvalue weighted by Crippen LogP contribution is 2.28. The van der Waals surface area contributed by atoms with Gasteiger partial charge < -0.3 is 5.32 Å². The molecular weight excluding hydrogens is 341 g/mol. The van der Waals surface area contributed by atoms with Gasteiger partial charge in [0.2, 0.25) is 10.0 Å². The number of piperidine rings is 1. The van der Waals surface area contributed by atoms with Crippen LogP contribution >= 0.6 is 12.4 Å². The molecule has 1 aromatic rings. The molecule has 2 atom stereocenters. The van der Waals surface area contributed by atoms with Crippen LogP contribution in [0.25, 0.3) is 0 Å². The average Bonchev–Trinajstić information content (AvgIpc) is 2.72. The van der Waals surface area contributed by atoms with Crippen molar-refractivity contribution in [3.05, 3.63) is 29.6 Å². The largest absolute Gasteiger partial charge is 0.311 e. The molecule has 0 amide bonds. The summed E-state index contributed by atoms with van der Waals surface area (Å²) in [5, 5.41) is 3.36. The summed E-state index contributed by atoms with van der Waals surface area (Å²) >= 11 is 0. The van der Waals surface area contributed by atoms with Gasteiger partial charge in [0, 0.05) is 24.2 Å². The van der Waals surface area contributed by atoms with Gasteiger partial charge in [0.1, 0.15) is 10.7 Å². The fraction of sp³-hybridized carbons (Fsp3) is 0.538. The SMILES string of the molecule is Cl.O=S(=O)(NC1CC2CCC(C1)N2)c1cc(F)c(F)cc1F. The Balaban J connectivity index is 0.00000176. The lowest BCUT2D eigenvalue weighted by molar-refractivity contribution is 0.344. The van der Waals surface area contributed by atoms with Crippen molar-refractivity contribution in [2.45, 2.75) is 48.7 Å². The first-order valence-corrected chi connectivity index (χ1v) is 8.26. The van der Waals surface area contributed by atoms with Crippen molar-refractivity contribution >= 4 is 22.4 Å². The van der Waals surface area contributed by atoms with E-state index in [1.165, 1.54) is 0 Å². The van der Waals surface area contributed by atoms with Crippen molar-refractivity contribution in [2.24, 2.45) is 0 Å². The molecule has 2 saturated heterocycles. The van der Waals surface area contributed by atoms with Crippen molar-refractivity contribution in [1.29, 1.82) is 0 Å². The van der Waals surface area contributed by atoms with Gasteiger partial charge in [-0.25, -0.2) is 26.3 Å². The molecular formula is C13H16ClF3N2O2S. The zero-order chi connectivity index (χ0) is 15.2. The summed E-state index contributed by atoms with van der Waals surface area (Å²) in [7, 11) is -4.21. The normalized spacial score (nSPS) is 27.5. The highest BCUT2D eigenvalue weighted by Gasteiger charge is 2.36. The number of rotatable bonds is 3. The van der Waals surface area contributed by atoms with Crippen LogP contribution < -0.4 is 10.0 Å². The fourth-order valence-electron chi connectivity index (χ4n) is 3.15. The predicted octanol–water partition coefficient (Wildman–Crippen LogP) is 2.09. The lowest BCUT2D eigenvalue weighted by Crippen LogP contribution is -2.48. The Kier molecular flexibility index (Phi) is 5.06. The maximum Gasteiger partial charge on any atom is 0.243 e. The summed E-state index contributed by atoms with van der Waals surface area (Å²) in [5.74, 6) is -4.09. The summed E-state index contributed by atoms with van der Waals surface area (Å²) in [6.07, 6.45) is 3.20. The molecule has 2 aliphatic heterocycles. The van der Waals surface area contributed by atoms with Crippen LogP contribution in [0.2, 0.25) is 0 Å². The zero-order valence-corrected chi connectivity index (χ0v) is 13.1. The van der Waals surface area contributed by atoms with Gasteiger partial charge in [-0.15, -0.1) is 12.4 Å². The molecule has 3 rings (SSSR count). The van der Waals surface area contributed by atoms with E-state index in [2.05, 4.69) is 10.0 Å². The third kappa shape index (κ3) is 3.40. The van der Waals surface area contributed by atoms with Gasteiger partial charge in [-0.2, -0.15) is 0 Å². The van der Waals surface area contributed by atoms with E-state index in [0.29, 0.717) is 18.9 Å². The van der Waals surface area contributed by atoms with Crippen molar-refractivity contribution in [1.82, 2.24) is 10.0 Å². The predicted molar refractivity (Wildman–Crippen MR) is 76.9 cm³/mol. The first kappa shape index (κ1) is 17.5. The second-order valence-electron chi connectivity index (χ2n) is 5.62. The second kappa shape index (κ2) is 6.35. The molecule has 0 radical (unpaired) electrons. The van der Waals surface area contributed by atoms with Gasteiger partial charge in [0.15, 0.2) is 11.6 Å². The Morgan fingerprint density at radius 2 is 1.55 bits per heavy atom. The average molecular weight is 357 g/mol. The highest BCUT2D eigenvalue weighted by molar-refractivity contribution is 7.89. The Morgan fingerprint density at radius 1 is 1.00 bits per heavy atom. The first-order valence-electron chi connectivity index (χ1n) is 6.78. The minimum Gasteiger partial charge on any atom is -0.311 e. The number of halogens is 4. The molecule has 22 heavy (non-hydrogen) atoms. The first-order chi connectivity index (χ1) is 9.85. The van der Waals surface area contributed by atoms with Crippen LogP contribution in [0.1, 0.15) is 25.7 Å². The van der Waals surface area contributed by atoms with Crippen LogP contribution in [-0.4, -0.2) is 26.5 Å². The molecule has 0 aromatic heterocycles. The van der Waals surface area contributed by atoms with Gasteiger partial charge in [-0.3, -0.25) is 0 Å². The van der Waals surface area contributed by atoms with Crippen LogP contribution in [0.4, 0.5) is 13.2 Å². The zero-order valence-electron chi connectivity index (χ0n) is 11.5. The summed E-state index contributed by atoms with van der Waals surface area (Å²) in [6, 6.07) is 0.817. The van der Waals surface area contributed by atoms with Gasteiger partial charge in [0.05, 0.1) is 0 Å². The Bertz CT molecular complexity index is 659. The highest BCUT2D eigenvalue weighted by atomic mass is 35.5. The van der Waals surface area contributed by atoms with Gasteiger partial charge in [-0.05, 0) is 31.7 Å². The Labute approximate surface area is 132 Å². The molecule has 0 spiro atoms. The van der Waals surface area contributed by atoms with Crippen LogP contribution in [0.5, 0.6) is 0 Å². The molecule has 4 nitrogen and oxygen atoms in total. The summed E-state index contributed by atoms with van der Waals surface area (Å²) < 4.78 is 66.4. The summed E-state index contributed by atoms with van der Waals surface area (Å²) in [5.41, 5.74) is 0. The molecule has 2 bridgehead atoms. The van der Waals surface area contributed by atoms with Crippen molar-refractivity contribution in [3.8, 4) is 0 Å². The van der Waals surface area contributed by atoms with E-state index in [9.17, 15) is 21.6 Å². The van der Waals surface area contributed by atoms with E-state index < -0.39 is 32.4 Å². The van der Waals surface area contributed by atoms with Crippen LogP contribution in [0, 0.1) is 17.5 Å². The van der Waals surface area contributed by atoms with Crippen molar-refractivity contribution < 1.29 is 21.6 Å². The maximum atomic E-state index is 13.6. The smallest absolute Gasteiger partial charge is 0.243 e. The molecule has 2 heterocycles. The second-order valence-corrected chi connectivity index (χ2v) is 7.31. The van der Waals surface area contributed by atoms with Crippen molar-refractivity contribution in [2.75, 3.05) is 0 Å². The molecule has 0 aliphatic carbocycles. The minimum absolute atomic E-state index is 0. The van der Waals surface area contributed by atoms with E-state index in [1.807, 2.05) is 0 Å². The van der Waals surface area contributed by atoms with E-state index >= 15 is 0 Å². The molecule has 2 fully saturated rings. The number of sulfonamides is 1. The molecule has 0 saturated carbocycles. The van der Waals surface area contributed by atoms with Gasteiger partial charge >= 0.3 is 0 Å². The number of hydrogen-bond donors (Lipinski definition) is 2. The summed E-state index contributed by atoms with van der Waals surface area (Å²) in [4.78, 5) is -0.854. The standard InChI is InChI=1S/C13H15F3N2O2S.ClH/c14-10-5-12(16)13(6-11(10)15)21(19,20)18-9-3-7-1-2-8(4-9)17-7;/h5-9,17-18H,1-4H2;1H. The molecule has 9 heteroatoms. The van der Waals surface area contributed by atoms with Crippen LogP contribution in [0.15, 0.2) is 17.0 Å². The van der Waals surface area contributed by atoms with Gasteiger partial charge in [0.25, 0.3) is 0 Å². The van der Waals surface area contributed by atoms with E-state index in [0.717, 1.165) is 12.8 Å². The minimum atomic E-state index is -4.21. The lowest BCUT2D eigenvalue weighted by atomic mass is 10.0. The molecule has 124 valence electrons. The quantitative estimate of drug-likeness (QED) is 0.815. The number of fused-ring (bicyclic) bond motifs is 2. The number of nitrogens with one attached hydrogen (secondary N) is 2. The van der Waals surface area contributed by atoms with E-state index in [1.54, 1.807) is 0 Å². The Hall–Kier alpha value is -0.830. The number of benzene rings is 1. The third-order valence-corrected chi connectivity index (χ3v) is 5.59. The fourth-order valence-corrected chi connectivity index (χ4v) is 4.48. The summed E-state index contributed by atoms with van der Waals surface area (Å²) in [6.45, 7) is 0. The van der Waals surface area contributed by atoms with E-state index in [4.69, 9.17) is 0 Å².